The van der Waals surface area contributed by atoms with Crippen LogP contribution in [-0.4, -0.2) is 9.97 Å². The lowest BCUT2D eigenvalue weighted by molar-refractivity contribution is 1.11. The average Bonchev–Trinajstić information content (AvgIpc) is 2.16. The summed E-state index contributed by atoms with van der Waals surface area (Å²) >= 11 is 8.99. The van der Waals surface area contributed by atoms with Crippen molar-refractivity contribution in [1.29, 1.82) is 0 Å². The summed E-state index contributed by atoms with van der Waals surface area (Å²) in [5, 5.41) is 1.03. The van der Waals surface area contributed by atoms with Crippen molar-refractivity contribution in [1.82, 2.24) is 9.97 Å². The van der Waals surface area contributed by atoms with Crippen LogP contribution >= 0.6 is 27.5 Å². The highest BCUT2D eigenvalue weighted by Crippen LogP contribution is 2.14. The Labute approximate surface area is 93.2 Å². The predicted molar refractivity (Wildman–Crippen MR) is 60.0 cm³/mol. The first-order valence-electron chi connectivity index (χ1n) is 3.95. The number of hydrogen-bond acceptors (Lipinski definition) is 2. The Kier molecular flexibility index (Phi) is 2.56. The van der Waals surface area contributed by atoms with Gasteiger partial charge in [0.2, 0.25) is 0 Å². The lowest BCUT2D eigenvalue weighted by atomic mass is 10.3. The molecule has 1 N–H and O–H groups in total. The normalized spacial score (nSPS) is 10.7. The second-order valence-electron chi connectivity index (χ2n) is 2.81. The number of nitrogens with one attached hydrogen (secondary N) is 1. The van der Waals surface area contributed by atoms with Crippen molar-refractivity contribution in [2.24, 2.45) is 0 Å². The van der Waals surface area contributed by atoms with Crippen molar-refractivity contribution < 1.29 is 0 Å². The van der Waals surface area contributed by atoms with Crippen molar-refractivity contribution in [2.75, 3.05) is 0 Å². The van der Waals surface area contributed by atoms with Crippen LogP contribution in [0.1, 0.15) is 5.69 Å². The second kappa shape index (κ2) is 3.71. The van der Waals surface area contributed by atoms with Gasteiger partial charge < -0.3 is 4.98 Å². The standard InChI is InChI=1S/C9H6BrClN2O/c10-4-8-9(14)13-7-3-5(11)1-2-6(7)12-8/h1-3H,4H2,(H,13,14). The first-order valence-corrected chi connectivity index (χ1v) is 5.45. The van der Waals surface area contributed by atoms with Crippen molar-refractivity contribution in [3.05, 3.63) is 39.3 Å². The van der Waals surface area contributed by atoms with Crippen molar-refractivity contribution in [3.8, 4) is 0 Å². The first-order chi connectivity index (χ1) is 6.70. The van der Waals surface area contributed by atoms with Gasteiger partial charge in [-0.1, -0.05) is 27.5 Å². The number of fused-ring (bicyclic) bond motifs is 1. The molecule has 0 atom stereocenters. The smallest absolute Gasteiger partial charge is 0.271 e. The van der Waals surface area contributed by atoms with Gasteiger partial charge in [0.05, 0.1) is 16.4 Å². The van der Waals surface area contributed by atoms with Crippen LogP contribution in [-0.2, 0) is 5.33 Å². The number of H-pyrrole nitrogens is 1. The largest absolute Gasteiger partial charge is 0.319 e. The lowest BCUT2D eigenvalue weighted by Gasteiger charge is -1.99. The third-order valence-electron chi connectivity index (χ3n) is 1.85. The van der Waals surface area contributed by atoms with E-state index in [4.69, 9.17) is 11.6 Å². The maximum Gasteiger partial charge on any atom is 0.271 e. The molecule has 0 radical (unpaired) electrons. The number of halogens is 2. The summed E-state index contributed by atoms with van der Waals surface area (Å²) in [4.78, 5) is 18.3. The van der Waals surface area contributed by atoms with Gasteiger partial charge in [-0.25, -0.2) is 4.98 Å². The van der Waals surface area contributed by atoms with E-state index in [-0.39, 0.29) is 5.56 Å². The van der Waals surface area contributed by atoms with Crippen LogP contribution in [0.3, 0.4) is 0 Å². The molecule has 0 saturated heterocycles. The maximum absolute atomic E-state index is 11.4. The first kappa shape index (κ1) is 9.68. The SMILES string of the molecule is O=c1[nH]c2cc(Cl)ccc2nc1CBr. The number of aromatic nitrogens is 2. The fourth-order valence-electron chi connectivity index (χ4n) is 1.19. The lowest BCUT2D eigenvalue weighted by Crippen LogP contribution is -2.13. The van der Waals surface area contributed by atoms with Gasteiger partial charge in [-0.05, 0) is 18.2 Å². The molecular formula is C9H6BrClN2O. The molecule has 0 amide bonds. The van der Waals surface area contributed by atoms with E-state index < -0.39 is 0 Å². The van der Waals surface area contributed by atoms with Gasteiger partial charge in [0.15, 0.2) is 0 Å². The zero-order valence-corrected chi connectivity index (χ0v) is 9.39. The molecule has 5 heteroatoms. The van der Waals surface area contributed by atoms with E-state index in [1.165, 1.54) is 0 Å². The summed E-state index contributed by atoms with van der Waals surface area (Å²) in [6.45, 7) is 0. The Morgan fingerprint density at radius 3 is 3.00 bits per heavy atom. The molecule has 0 aliphatic heterocycles. The summed E-state index contributed by atoms with van der Waals surface area (Å²) in [5.41, 5.74) is 1.69. The Morgan fingerprint density at radius 2 is 2.29 bits per heavy atom. The zero-order valence-electron chi connectivity index (χ0n) is 7.05. The van der Waals surface area contributed by atoms with Gasteiger partial charge in [-0.2, -0.15) is 0 Å². The summed E-state index contributed by atoms with van der Waals surface area (Å²) in [5.74, 6) is 0. The average molecular weight is 274 g/mol. The van der Waals surface area contributed by atoms with Crippen LogP contribution in [0, 0.1) is 0 Å². The molecule has 0 spiro atoms. The second-order valence-corrected chi connectivity index (χ2v) is 3.80. The fourth-order valence-corrected chi connectivity index (χ4v) is 1.74. The number of benzene rings is 1. The van der Waals surface area contributed by atoms with Crippen molar-refractivity contribution in [3.63, 3.8) is 0 Å². The summed E-state index contributed by atoms with van der Waals surface area (Å²) < 4.78 is 0. The maximum atomic E-state index is 11.4. The molecule has 0 aliphatic carbocycles. The molecule has 0 bridgehead atoms. The molecule has 3 nitrogen and oxygen atoms in total. The van der Waals surface area contributed by atoms with Gasteiger partial charge in [-0.3, -0.25) is 4.79 Å². The summed E-state index contributed by atoms with van der Waals surface area (Å²) in [7, 11) is 0. The Morgan fingerprint density at radius 1 is 1.50 bits per heavy atom. The van der Waals surface area contributed by atoms with E-state index in [2.05, 4.69) is 25.9 Å². The quantitative estimate of drug-likeness (QED) is 0.811. The Hall–Kier alpha value is -0.870. The van der Waals surface area contributed by atoms with Gasteiger partial charge >= 0.3 is 0 Å². The van der Waals surface area contributed by atoms with Crippen LogP contribution in [0.2, 0.25) is 5.02 Å². The highest BCUT2D eigenvalue weighted by molar-refractivity contribution is 9.08. The zero-order chi connectivity index (χ0) is 10.1. The number of alkyl halides is 1. The van der Waals surface area contributed by atoms with Crippen LogP contribution in [0.15, 0.2) is 23.0 Å². The summed E-state index contributed by atoms with van der Waals surface area (Å²) in [6, 6.07) is 5.20. The van der Waals surface area contributed by atoms with E-state index in [1.54, 1.807) is 18.2 Å². The fraction of sp³-hybridized carbons (Fsp3) is 0.111. The van der Waals surface area contributed by atoms with Gasteiger partial charge in [0, 0.05) is 5.02 Å². The van der Waals surface area contributed by atoms with E-state index in [0.717, 1.165) is 5.52 Å². The third-order valence-corrected chi connectivity index (χ3v) is 2.62. The monoisotopic (exact) mass is 272 g/mol. The molecule has 0 fully saturated rings. The van der Waals surface area contributed by atoms with E-state index in [9.17, 15) is 4.79 Å². The van der Waals surface area contributed by atoms with Gasteiger partial charge in [0.25, 0.3) is 5.56 Å². The number of aromatic amines is 1. The van der Waals surface area contributed by atoms with Gasteiger partial charge in [0.1, 0.15) is 5.69 Å². The summed E-state index contributed by atoms with van der Waals surface area (Å²) in [6.07, 6.45) is 0. The van der Waals surface area contributed by atoms with Crippen LogP contribution in [0.25, 0.3) is 11.0 Å². The minimum atomic E-state index is -0.184. The number of rotatable bonds is 1. The van der Waals surface area contributed by atoms with Crippen LogP contribution in [0.5, 0.6) is 0 Å². The molecule has 14 heavy (non-hydrogen) atoms. The Balaban J connectivity index is 2.79. The van der Waals surface area contributed by atoms with Crippen LogP contribution < -0.4 is 5.56 Å². The Bertz CT molecular complexity index is 538. The third kappa shape index (κ3) is 1.67. The minimum Gasteiger partial charge on any atom is -0.319 e. The molecular weight excluding hydrogens is 267 g/mol. The van der Waals surface area contributed by atoms with Crippen LogP contribution in [0.4, 0.5) is 0 Å². The minimum absolute atomic E-state index is 0.184. The highest BCUT2D eigenvalue weighted by Gasteiger charge is 2.03. The van der Waals surface area contributed by atoms with Crippen molar-refractivity contribution in [2.45, 2.75) is 5.33 Å². The van der Waals surface area contributed by atoms with E-state index in [1.807, 2.05) is 0 Å². The molecule has 1 aromatic carbocycles. The molecule has 0 saturated carbocycles. The molecule has 72 valence electrons. The molecule has 2 rings (SSSR count). The number of hydrogen-bond donors (Lipinski definition) is 1. The number of nitrogens with zero attached hydrogens (tertiary/aromatic N) is 1. The van der Waals surface area contributed by atoms with E-state index in [0.29, 0.717) is 21.6 Å². The molecule has 2 aromatic rings. The van der Waals surface area contributed by atoms with E-state index >= 15 is 0 Å². The molecule has 0 aliphatic rings. The predicted octanol–water partition coefficient (Wildman–Crippen LogP) is 2.47. The van der Waals surface area contributed by atoms with Gasteiger partial charge in [-0.15, -0.1) is 0 Å². The van der Waals surface area contributed by atoms with Crippen molar-refractivity contribution >= 4 is 38.6 Å². The molecule has 1 heterocycles. The topological polar surface area (TPSA) is 45.8 Å². The molecule has 0 unspecified atom stereocenters. The molecule has 1 aromatic heterocycles. The highest BCUT2D eigenvalue weighted by atomic mass is 79.9.